The largest absolute Gasteiger partial charge is 0.316 e. The molecule has 5 rings (SSSR count). The minimum absolute atomic E-state index is 0.0756. The number of amides is 1. The molecule has 0 radical (unpaired) electrons. The van der Waals surface area contributed by atoms with Gasteiger partial charge in [0.1, 0.15) is 5.00 Å². The maximum atomic E-state index is 12.7. The molecule has 1 saturated carbocycles. The van der Waals surface area contributed by atoms with E-state index in [1.807, 2.05) is 48.3 Å². The topological polar surface area (TPSA) is 72.7 Å². The smallest absolute Gasteiger partial charge is 0.228 e. The van der Waals surface area contributed by atoms with Crippen LogP contribution in [0.15, 0.2) is 42.6 Å². The van der Waals surface area contributed by atoms with Gasteiger partial charge in [0.15, 0.2) is 0 Å². The van der Waals surface area contributed by atoms with E-state index in [0.29, 0.717) is 11.8 Å². The van der Waals surface area contributed by atoms with E-state index in [4.69, 9.17) is 9.36 Å². The van der Waals surface area contributed by atoms with Gasteiger partial charge in [-0.25, -0.2) is 0 Å². The number of pyridine rings is 1. The normalized spacial score (nSPS) is 18.0. The van der Waals surface area contributed by atoms with Gasteiger partial charge in [-0.2, -0.15) is 9.47 Å². The Kier molecular flexibility index (Phi) is 4.85. The third-order valence-corrected chi connectivity index (χ3v) is 6.65. The summed E-state index contributed by atoms with van der Waals surface area (Å²) in [6, 6.07) is 12.2. The van der Waals surface area contributed by atoms with Crippen LogP contribution in [0.2, 0.25) is 0 Å². The van der Waals surface area contributed by atoms with Crippen molar-refractivity contribution in [1.29, 1.82) is 0 Å². The number of benzene rings is 1. The second kappa shape index (κ2) is 7.57. The number of carbonyl (C=O) groups is 1. The molecule has 1 fully saturated rings. The molecule has 1 amide bonds. The van der Waals surface area contributed by atoms with Gasteiger partial charge >= 0.3 is 0 Å². The average molecular weight is 432 g/mol. The molecule has 1 aromatic carbocycles. The molecular formula is C24H25N5OS. The highest BCUT2D eigenvalue weighted by Crippen LogP contribution is 2.43. The van der Waals surface area contributed by atoms with Crippen LogP contribution in [-0.2, 0) is 11.8 Å². The van der Waals surface area contributed by atoms with Crippen molar-refractivity contribution in [2.45, 2.75) is 33.1 Å². The number of anilines is 1. The van der Waals surface area contributed by atoms with Gasteiger partial charge in [-0.3, -0.25) is 14.5 Å². The summed E-state index contributed by atoms with van der Waals surface area (Å²) in [7, 11) is 1.92. The molecule has 3 aromatic heterocycles. The lowest BCUT2D eigenvalue weighted by Gasteiger charge is -2.10. The van der Waals surface area contributed by atoms with E-state index in [-0.39, 0.29) is 11.8 Å². The molecule has 0 bridgehead atoms. The highest BCUT2D eigenvalue weighted by molar-refractivity contribution is 7.11. The molecule has 1 aliphatic rings. The van der Waals surface area contributed by atoms with Crippen LogP contribution in [0.3, 0.4) is 0 Å². The van der Waals surface area contributed by atoms with Gasteiger partial charge in [0.05, 0.1) is 22.5 Å². The van der Waals surface area contributed by atoms with Crippen molar-refractivity contribution >= 4 is 33.3 Å². The first-order chi connectivity index (χ1) is 14.9. The SMILES string of the molecule is CC(C)c1cccc(-c2c(-c3ccc4nn(C)cc4c3)nsc2NC(=O)[C@H]2C[C@@H]2C)n1. The molecule has 31 heavy (non-hydrogen) atoms. The molecule has 6 nitrogen and oxygen atoms in total. The minimum Gasteiger partial charge on any atom is -0.316 e. The summed E-state index contributed by atoms with van der Waals surface area (Å²) in [5.41, 5.74) is 5.51. The molecule has 0 unspecified atom stereocenters. The monoisotopic (exact) mass is 431 g/mol. The number of nitrogens with zero attached hydrogens (tertiary/aromatic N) is 4. The summed E-state index contributed by atoms with van der Waals surface area (Å²) in [5, 5.41) is 9.43. The summed E-state index contributed by atoms with van der Waals surface area (Å²) < 4.78 is 6.57. The van der Waals surface area contributed by atoms with Crippen molar-refractivity contribution in [1.82, 2.24) is 19.1 Å². The minimum atomic E-state index is 0.0756. The van der Waals surface area contributed by atoms with E-state index in [2.05, 4.69) is 37.3 Å². The van der Waals surface area contributed by atoms with E-state index in [1.54, 1.807) is 0 Å². The van der Waals surface area contributed by atoms with E-state index < -0.39 is 0 Å². The number of rotatable bonds is 5. The zero-order valence-corrected chi connectivity index (χ0v) is 18.9. The Balaban J connectivity index is 1.63. The summed E-state index contributed by atoms with van der Waals surface area (Å²) in [6.45, 7) is 6.37. The van der Waals surface area contributed by atoms with E-state index in [0.717, 1.165) is 50.5 Å². The number of aryl methyl sites for hydroxylation is 1. The van der Waals surface area contributed by atoms with Crippen molar-refractivity contribution < 1.29 is 4.79 Å². The van der Waals surface area contributed by atoms with Gasteiger partial charge in [0.25, 0.3) is 0 Å². The van der Waals surface area contributed by atoms with Crippen molar-refractivity contribution in [3.8, 4) is 22.5 Å². The standard InChI is InChI=1S/C24H25N5OS/c1-13(2)18-6-5-7-20(25-18)21-22(15-8-9-19-16(11-15)12-29(4)27-19)28-31-24(21)26-23(30)17-10-14(17)3/h5-9,11-14,17H,10H2,1-4H3,(H,26,30)/t14-,17-/m0/s1. The van der Waals surface area contributed by atoms with Crippen molar-refractivity contribution in [2.75, 3.05) is 5.32 Å². The van der Waals surface area contributed by atoms with Gasteiger partial charge < -0.3 is 5.32 Å². The number of carbonyl (C=O) groups excluding carboxylic acids is 1. The molecule has 1 aliphatic carbocycles. The summed E-state index contributed by atoms with van der Waals surface area (Å²) in [5.74, 6) is 0.935. The third kappa shape index (κ3) is 3.74. The quantitative estimate of drug-likeness (QED) is 0.454. The number of aromatic nitrogens is 4. The fourth-order valence-electron chi connectivity index (χ4n) is 3.91. The molecule has 4 aromatic rings. The Morgan fingerprint density at radius 3 is 2.81 bits per heavy atom. The van der Waals surface area contributed by atoms with Crippen LogP contribution in [0.4, 0.5) is 5.00 Å². The molecule has 3 heterocycles. The number of fused-ring (bicyclic) bond motifs is 1. The molecule has 2 atom stereocenters. The van der Waals surface area contributed by atoms with Crippen LogP contribution in [0.1, 0.15) is 38.8 Å². The Bertz CT molecular complexity index is 1290. The lowest BCUT2D eigenvalue weighted by Crippen LogP contribution is -2.14. The van der Waals surface area contributed by atoms with E-state index in [1.165, 1.54) is 11.5 Å². The Labute approximate surface area is 185 Å². The first-order valence-corrected chi connectivity index (χ1v) is 11.4. The van der Waals surface area contributed by atoms with E-state index >= 15 is 0 Å². The molecule has 0 spiro atoms. The van der Waals surface area contributed by atoms with Gasteiger partial charge in [-0.15, -0.1) is 0 Å². The lowest BCUT2D eigenvalue weighted by atomic mass is 10.0. The summed E-state index contributed by atoms with van der Waals surface area (Å²) in [6.07, 6.45) is 2.95. The Morgan fingerprint density at radius 2 is 2.06 bits per heavy atom. The van der Waals surface area contributed by atoms with Crippen molar-refractivity contribution in [2.24, 2.45) is 18.9 Å². The fraction of sp³-hybridized carbons (Fsp3) is 0.333. The fourth-order valence-corrected chi connectivity index (χ4v) is 4.73. The highest BCUT2D eigenvalue weighted by Gasteiger charge is 2.39. The average Bonchev–Trinajstić information content (AvgIpc) is 3.16. The molecule has 7 heteroatoms. The predicted molar refractivity (Wildman–Crippen MR) is 125 cm³/mol. The van der Waals surface area contributed by atoms with Gasteiger partial charge in [0, 0.05) is 35.8 Å². The molecule has 0 aliphatic heterocycles. The maximum Gasteiger partial charge on any atom is 0.228 e. The molecule has 1 N–H and O–H groups in total. The molecular weight excluding hydrogens is 406 g/mol. The first kappa shape index (κ1) is 19.9. The summed E-state index contributed by atoms with van der Waals surface area (Å²) in [4.78, 5) is 17.6. The Morgan fingerprint density at radius 1 is 1.26 bits per heavy atom. The molecule has 158 valence electrons. The third-order valence-electron chi connectivity index (χ3n) is 5.89. The second-order valence-electron chi connectivity index (χ2n) is 8.72. The van der Waals surface area contributed by atoms with E-state index in [9.17, 15) is 4.79 Å². The van der Waals surface area contributed by atoms with Crippen LogP contribution in [-0.4, -0.2) is 25.0 Å². The van der Waals surface area contributed by atoms with Crippen LogP contribution in [0.25, 0.3) is 33.4 Å². The van der Waals surface area contributed by atoms with Gasteiger partial charge in [-0.1, -0.05) is 32.9 Å². The number of nitrogens with one attached hydrogen (secondary N) is 1. The molecule has 0 saturated heterocycles. The second-order valence-corrected chi connectivity index (χ2v) is 9.50. The van der Waals surface area contributed by atoms with Crippen LogP contribution in [0, 0.1) is 11.8 Å². The van der Waals surface area contributed by atoms with Crippen molar-refractivity contribution in [3.05, 3.63) is 48.3 Å². The highest BCUT2D eigenvalue weighted by atomic mass is 32.1. The maximum absolute atomic E-state index is 12.7. The van der Waals surface area contributed by atoms with Crippen LogP contribution >= 0.6 is 11.5 Å². The van der Waals surface area contributed by atoms with Gasteiger partial charge in [0.2, 0.25) is 5.91 Å². The zero-order valence-electron chi connectivity index (χ0n) is 18.1. The van der Waals surface area contributed by atoms with Gasteiger partial charge in [-0.05, 0) is 54.1 Å². The van der Waals surface area contributed by atoms with Crippen LogP contribution < -0.4 is 5.32 Å². The zero-order chi connectivity index (χ0) is 21.7. The summed E-state index contributed by atoms with van der Waals surface area (Å²) >= 11 is 1.32. The lowest BCUT2D eigenvalue weighted by molar-refractivity contribution is -0.117. The predicted octanol–water partition coefficient (Wildman–Crippen LogP) is 5.48. The number of hydrogen-bond donors (Lipinski definition) is 1. The number of hydrogen-bond acceptors (Lipinski definition) is 5. The first-order valence-electron chi connectivity index (χ1n) is 10.6. The van der Waals surface area contributed by atoms with Crippen molar-refractivity contribution in [3.63, 3.8) is 0 Å². The Hall–Kier alpha value is -3.06. The van der Waals surface area contributed by atoms with Crippen LogP contribution in [0.5, 0.6) is 0 Å².